The quantitative estimate of drug-likeness (QED) is 0.684. The van der Waals surface area contributed by atoms with Crippen LogP contribution in [-0.4, -0.2) is 27.8 Å². The minimum Gasteiger partial charge on any atom is -0.474 e. The molecular weight excluding hydrogens is 398 g/mol. The van der Waals surface area contributed by atoms with E-state index in [1.54, 1.807) is 24.5 Å². The van der Waals surface area contributed by atoms with E-state index in [1.807, 2.05) is 33.8 Å². The first-order valence-electron chi connectivity index (χ1n) is 8.51. The van der Waals surface area contributed by atoms with Crippen molar-refractivity contribution in [1.82, 2.24) is 9.97 Å². The highest BCUT2D eigenvalue weighted by Crippen LogP contribution is 2.30. The highest BCUT2D eigenvalue weighted by Gasteiger charge is 2.27. The SMILES string of the molecule is Cc1cc(N(C(=O)OC(C)(C)C)c2ccc(OC3CC3)nc2)ncc1Br. The van der Waals surface area contributed by atoms with Crippen molar-refractivity contribution in [2.24, 2.45) is 0 Å². The van der Waals surface area contributed by atoms with Gasteiger partial charge in [-0.3, -0.25) is 0 Å². The van der Waals surface area contributed by atoms with Gasteiger partial charge in [-0.05, 0) is 74.2 Å². The highest BCUT2D eigenvalue weighted by atomic mass is 79.9. The molecule has 2 aromatic heterocycles. The minimum atomic E-state index is -0.623. The zero-order chi connectivity index (χ0) is 18.9. The van der Waals surface area contributed by atoms with Crippen LogP contribution in [0.25, 0.3) is 0 Å². The van der Waals surface area contributed by atoms with Gasteiger partial charge in [0.05, 0.1) is 11.9 Å². The smallest absolute Gasteiger partial charge is 0.420 e. The van der Waals surface area contributed by atoms with Crippen molar-refractivity contribution >= 4 is 33.5 Å². The third-order valence-electron chi connectivity index (χ3n) is 3.63. The molecule has 0 radical (unpaired) electrons. The minimum absolute atomic E-state index is 0.270. The molecule has 0 aromatic carbocycles. The maximum absolute atomic E-state index is 12.8. The number of hydrogen-bond donors (Lipinski definition) is 0. The normalized spacial score (nSPS) is 14.0. The van der Waals surface area contributed by atoms with Crippen LogP contribution in [0.1, 0.15) is 39.2 Å². The molecule has 6 nitrogen and oxygen atoms in total. The van der Waals surface area contributed by atoms with Gasteiger partial charge >= 0.3 is 6.09 Å². The first kappa shape index (κ1) is 18.6. The fraction of sp³-hybridized carbons (Fsp3) is 0.421. The Balaban J connectivity index is 1.93. The monoisotopic (exact) mass is 419 g/mol. The van der Waals surface area contributed by atoms with Gasteiger partial charge in [0.2, 0.25) is 5.88 Å². The van der Waals surface area contributed by atoms with Gasteiger partial charge in [-0.15, -0.1) is 0 Å². The molecule has 0 aliphatic heterocycles. The Hall–Kier alpha value is -2.15. The number of halogens is 1. The second-order valence-corrected chi connectivity index (χ2v) is 8.13. The molecule has 0 saturated heterocycles. The highest BCUT2D eigenvalue weighted by molar-refractivity contribution is 9.10. The van der Waals surface area contributed by atoms with Crippen molar-refractivity contribution in [2.75, 3.05) is 4.90 Å². The molecule has 1 amide bonds. The Labute approximate surface area is 161 Å². The van der Waals surface area contributed by atoms with Crippen LogP contribution in [0.5, 0.6) is 5.88 Å². The summed E-state index contributed by atoms with van der Waals surface area (Å²) in [6, 6.07) is 5.37. The third-order valence-corrected chi connectivity index (χ3v) is 4.46. The summed E-state index contributed by atoms with van der Waals surface area (Å²) in [6.07, 6.45) is 5.15. The molecule has 3 rings (SSSR count). The van der Waals surface area contributed by atoms with E-state index < -0.39 is 11.7 Å². The number of ether oxygens (including phenoxy) is 2. The third kappa shape index (κ3) is 4.72. The number of aryl methyl sites for hydroxylation is 1. The molecule has 0 unspecified atom stereocenters. The number of rotatable bonds is 4. The number of pyridine rings is 2. The number of aromatic nitrogens is 2. The fourth-order valence-electron chi connectivity index (χ4n) is 2.22. The van der Waals surface area contributed by atoms with E-state index in [9.17, 15) is 4.79 Å². The summed E-state index contributed by atoms with van der Waals surface area (Å²) in [5, 5.41) is 0. The van der Waals surface area contributed by atoms with Crippen molar-refractivity contribution in [3.8, 4) is 5.88 Å². The standard InChI is InChI=1S/C19H22BrN3O3/c1-12-9-16(21-11-15(12)20)23(18(24)26-19(2,3)4)13-5-8-17(22-10-13)25-14-6-7-14/h5,8-11,14H,6-7H2,1-4H3. The van der Waals surface area contributed by atoms with Gasteiger partial charge < -0.3 is 9.47 Å². The lowest BCUT2D eigenvalue weighted by molar-refractivity contribution is 0.0598. The molecule has 0 bridgehead atoms. The molecular formula is C19H22BrN3O3. The van der Waals surface area contributed by atoms with Crippen LogP contribution in [0.3, 0.4) is 0 Å². The van der Waals surface area contributed by atoms with Crippen molar-refractivity contribution in [1.29, 1.82) is 0 Å². The Kier molecular flexibility index (Phi) is 5.18. The lowest BCUT2D eigenvalue weighted by Gasteiger charge is -2.27. The number of hydrogen-bond acceptors (Lipinski definition) is 5. The predicted molar refractivity (Wildman–Crippen MR) is 103 cm³/mol. The molecule has 2 aromatic rings. The average molecular weight is 420 g/mol. The van der Waals surface area contributed by atoms with Crippen molar-refractivity contribution in [2.45, 2.75) is 52.2 Å². The fourth-order valence-corrected chi connectivity index (χ4v) is 2.43. The maximum atomic E-state index is 12.8. The molecule has 0 spiro atoms. The number of anilines is 2. The number of carbonyl (C=O) groups excluding carboxylic acids is 1. The Morgan fingerprint density at radius 3 is 2.50 bits per heavy atom. The number of nitrogens with zero attached hydrogens (tertiary/aromatic N) is 3. The lowest BCUT2D eigenvalue weighted by Crippen LogP contribution is -2.34. The topological polar surface area (TPSA) is 64.6 Å². The van der Waals surface area contributed by atoms with Crippen LogP contribution in [0.4, 0.5) is 16.3 Å². The molecule has 1 fully saturated rings. The summed E-state index contributed by atoms with van der Waals surface area (Å²) in [5.74, 6) is 1.03. The van der Waals surface area contributed by atoms with Gasteiger partial charge in [-0.2, -0.15) is 0 Å². The van der Waals surface area contributed by atoms with Crippen molar-refractivity contribution < 1.29 is 14.3 Å². The van der Waals surface area contributed by atoms with Gasteiger partial charge in [0.15, 0.2) is 0 Å². The largest absolute Gasteiger partial charge is 0.474 e. The molecule has 1 aliphatic carbocycles. The lowest BCUT2D eigenvalue weighted by atomic mass is 10.2. The number of carbonyl (C=O) groups is 1. The van der Waals surface area contributed by atoms with Gasteiger partial charge in [-0.1, -0.05) is 0 Å². The number of amides is 1. The second-order valence-electron chi connectivity index (χ2n) is 7.28. The summed E-state index contributed by atoms with van der Waals surface area (Å²) in [5.41, 5.74) is 0.907. The molecule has 7 heteroatoms. The molecule has 26 heavy (non-hydrogen) atoms. The predicted octanol–water partition coefficient (Wildman–Crippen LogP) is 5.16. The van der Waals surface area contributed by atoms with Crippen molar-refractivity contribution in [3.05, 3.63) is 40.6 Å². The van der Waals surface area contributed by atoms with Crippen molar-refractivity contribution in [3.63, 3.8) is 0 Å². The maximum Gasteiger partial charge on any atom is 0.420 e. The van der Waals surface area contributed by atoms with Gasteiger partial charge in [-0.25, -0.2) is 19.7 Å². The van der Waals surface area contributed by atoms with E-state index in [-0.39, 0.29) is 6.10 Å². The summed E-state index contributed by atoms with van der Waals surface area (Å²) in [6.45, 7) is 7.42. The van der Waals surface area contributed by atoms with Crippen LogP contribution in [-0.2, 0) is 4.74 Å². The van der Waals surface area contributed by atoms with E-state index in [0.717, 1.165) is 22.9 Å². The molecule has 1 aliphatic rings. The summed E-state index contributed by atoms with van der Waals surface area (Å²) in [7, 11) is 0. The van der Waals surface area contributed by atoms with E-state index in [1.165, 1.54) is 4.90 Å². The van der Waals surface area contributed by atoms with Crippen LogP contribution in [0, 0.1) is 6.92 Å². The van der Waals surface area contributed by atoms with E-state index >= 15 is 0 Å². The van der Waals surface area contributed by atoms with Gasteiger partial charge in [0.1, 0.15) is 17.5 Å². The molecule has 0 atom stereocenters. The molecule has 0 N–H and O–H groups in total. The zero-order valence-corrected chi connectivity index (χ0v) is 16.9. The van der Waals surface area contributed by atoms with E-state index in [0.29, 0.717) is 17.4 Å². The van der Waals surface area contributed by atoms with Gasteiger partial charge in [0.25, 0.3) is 0 Å². The molecule has 2 heterocycles. The van der Waals surface area contributed by atoms with Crippen LogP contribution < -0.4 is 9.64 Å². The Bertz CT molecular complexity index is 799. The first-order chi connectivity index (χ1) is 12.2. The van der Waals surface area contributed by atoms with Crippen LogP contribution in [0.2, 0.25) is 0 Å². The van der Waals surface area contributed by atoms with Gasteiger partial charge in [0, 0.05) is 16.7 Å². The second kappa shape index (κ2) is 7.23. The van der Waals surface area contributed by atoms with E-state index in [2.05, 4.69) is 25.9 Å². The van der Waals surface area contributed by atoms with E-state index in [4.69, 9.17) is 9.47 Å². The molecule has 138 valence electrons. The summed E-state index contributed by atoms with van der Waals surface area (Å²) < 4.78 is 12.1. The summed E-state index contributed by atoms with van der Waals surface area (Å²) in [4.78, 5) is 22.9. The Morgan fingerprint density at radius 1 is 1.23 bits per heavy atom. The van der Waals surface area contributed by atoms with Crippen LogP contribution >= 0.6 is 15.9 Å². The Morgan fingerprint density at radius 2 is 1.96 bits per heavy atom. The zero-order valence-electron chi connectivity index (χ0n) is 15.3. The molecule has 1 saturated carbocycles. The first-order valence-corrected chi connectivity index (χ1v) is 9.30. The summed E-state index contributed by atoms with van der Waals surface area (Å²) >= 11 is 3.43. The average Bonchev–Trinajstić information content (AvgIpc) is 3.35. The van der Waals surface area contributed by atoms with Crippen LogP contribution in [0.15, 0.2) is 35.1 Å².